The minimum Gasteiger partial charge on any atom is -0.325 e. The summed E-state index contributed by atoms with van der Waals surface area (Å²) in [6.45, 7) is 1.44. The highest BCUT2D eigenvalue weighted by Gasteiger charge is 2.24. The maximum absolute atomic E-state index is 11.6. The molecule has 112 valence electrons. The lowest BCUT2D eigenvalue weighted by Gasteiger charge is -2.08. The molecule has 21 heavy (non-hydrogen) atoms. The van der Waals surface area contributed by atoms with Crippen LogP contribution in [0.15, 0.2) is 17.3 Å². The maximum atomic E-state index is 11.6. The van der Waals surface area contributed by atoms with Gasteiger partial charge in [-0.15, -0.1) is 0 Å². The summed E-state index contributed by atoms with van der Waals surface area (Å²) in [5.41, 5.74) is -0.111. The van der Waals surface area contributed by atoms with Gasteiger partial charge >= 0.3 is 5.69 Å². The molecule has 0 saturated heterocycles. The van der Waals surface area contributed by atoms with Crippen molar-refractivity contribution in [3.05, 3.63) is 32.4 Å². The molecule has 0 radical (unpaired) electrons. The molecule has 8 nitrogen and oxygen atoms in total. The Morgan fingerprint density at radius 2 is 2.14 bits per heavy atom. The highest BCUT2D eigenvalue weighted by Crippen LogP contribution is 2.33. The van der Waals surface area contributed by atoms with Crippen LogP contribution in [0.3, 0.4) is 0 Å². The van der Waals surface area contributed by atoms with Crippen LogP contribution in [0.2, 0.25) is 4.47 Å². The van der Waals surface area contributed by atoms with Gasteiger partial charge in [0.05, 0.1) is 11.1 Å². The number of thiazole rings is 1. The zero-order chi connectivity index (χ0) is 15.8. The van der Waals surface area contributed by atoms with E-state index >= 15 is 0 Å². The van der Waals surface area contributed by atoms with Crippen molar-refractivity contribution in [3.63, 3.8) is 0 Å². The number of nitro groups is 1. The maximum Gasteiger partial charge on any atom is 0.314 e. The molecule has 2 aromatic rings. The van der Waals surface area contributed by atoms with Gasteiger partial charge < -0.3 is 5.32 Å². The van der Waals surface area contributed by atoms with Gasteiger partial charge in [-0.3, -0.25) is 10.1 Å². The third-order valence-electron chi connectivity index (χ3n) is 2.44. The summed E-state index contributed by atoms with van der Waals surface area (Å²) in [7, 11) is -3.59. The standard InChI is InChI=1S/C10H9ClN4O4S2/c1-5-3-7(21(2,18)19)14-9(8(5)15(16)17)13-6-4-12-10(11)20-6/h3-4H,1-2H3,(H,13,14). The van der Waals surface area contributed by atoms with E-state index in [1.54, 1.807) is 0 Å². The number of hydrogen-bond acceptors (Lipinski definition) is 8. The third-order valence-corrected chi connectivity index (χ3v) is 4.44. The monoisotopic (exact) mass is 348 g/mol. The van der Waals surface area contributed by atoms with Crippen LogP contribution in [0, 0.1) is 17.0 Å². The first-order valence-corrected chi connectivity index (χ1v) is 8.51. The van der Waals surface area contributed by atoms with Gasteiger partial charge in [0.15, 0.2) is 19.3 Å². The quantitative estimate of drug-likeness (QED) is 0.666. The fourth-order valence-corrected chi connectivity index (χ4v) is 3.06. The fraction of sp³-hybridized carbons (Fsp3) is 0.200. The minimum absolute atomic E-state index is 0.166. The predicted octanol–water partition coefficient (Wildman–Crippen LogP) is 2.56. The molecule has 0 amide bonds. The summed E-state index contributed by atoms with van der Waals surface area (Å²) < 4.78 is 23.4. The van der Waals surface area contributed by atoms with Gasteiger partial charge in [-0.05, 0) is 13.0 Å². The van der Waals surface area contributed by atoms with Gasteiger partial charge in [0.1, 0.15) is 5.00 Å². The number of rotatable bonds is 4. The molecule has 0 spiro atoms. The van der Waals surface area contributed by atoms with Crippen molar-refractivity contribution in [2.24, 2.45) is 0 Å². The summed E-state index contributed by atoms with van der Waals surface area (Å²) in [4.78, 5) is 18.1. The van der Waals surface area contributed by atoms with E-state index in [-0.39, 0.29) is 26.6 Å². The lowest BCUT2D eigenvalue weighted by Crippen LogP contribution is -2.07. The van der Waals surface area contributed by atoms with Crippen molar-refractivity contribution in [2.45, 2.75) is 11.9 Å². The van der Waals surface area contributed by atoms with E-state index in [9.17, 15) is 18.5 Å². The molecule has 0 aromatic carbocycles. The average Bonchev–Trinajstić information content (AvgIpc) is 2.72. The molecule has 11 heteroatoms. The van der Waals surface area contributed by atoms with Crippen LogP contribution < -0.4 is 5.32 Å². The molecule has 0 saturated carbocycles. The molecule has 2 aromatic heterocycles. The largest absolute Gasteiger partial charge is 0.325 e. The van der Waals surface area contributed by atoms with Gasteiger partial charge in [-0.2, -0.15) is 0 Å². The zero-order valence-corrected chi connectivity index (χ0v) is 13.2. The van der Waals surface area contributed by atoms with E-state index in [1.807, 2.05) is 0 Å². The summed E-state index contributed by atoms with van der Waals surface area (Å²) in [6, 6.07) is 1.16. The Hall–Kier alpha value is -1.78. The van der Waals surface area contributed by atoms with Gasteiger partial charge in [-0.25, -0.2) is 18.4 Å². The number of halogens is 1. The van der Waals surface area contributed by atoms with Crippen LogP contribution in [0.5, 0.6) is 0 Å². The van der Waals surface area contributed by atoms with E-state index in [1.165, 1.54) is 13.1 Å². The number of aryl methyl sites for hydroxylation is 1. The van der Waals surface area contributed by atoms with E-state index in [0.29, 0.717) is 5.00 Å². The second-order valence-electron chi connectivity index (χ2n) is 4.11. The summed E-state index contributed by atoms with van der Waals surface area (Å²) in [6.07, 6.45) is 2.36. The van der Waals surface area contributed by atoms with Crippen LogP contribution in [0.4, 0.5) is 16.5 Å². The van der Waals surface area contributed by atoms with E-state index in [4.69, 9.17) is 11.6 Å². The van der Waals surface area contributed by atoms with Crippen molar-refractivity contribution in [2.75, 3.05) is 11.6 Å². The average molecular weight is 349 g/mol. The van der Waals surface area contributed by atoms with Crippen molar-refractivity contribution < 1.29 is 13.3 Å². The topological polar surface area (TPSA) is 115 Å². The molecule has 0 aliphatic heterocycles. The normalized spacial score (nSPS) is 11.4. The van der Waals surface area contributed by atoms with Crippen LogP contribution in [0.25, 0.3) is 0 Å². The predicted molar refractivity (Wildman–Crippen MR) is 79.1 cm³/mol. The van der Waals surface area contributed by atoms with Crippen LogP contribution in [-0.2, 0) is 9.84 Å². The van der Waals surface area contributed by atoms with E-state index in [0.717, 1.165) is 23.7 Å². The van der Waals surface area contributed by atoms with Crippen LogP contribution in [-0.4, -0.2) is 29.6 Å². The molecular formula is C10H9ClN4O4S2. The number of sulfone groups is 1. The Labute approximate surface area is 128 Å². The molecule has 0 aliphatic carbocycles. The van der Waals surface area contributed by atoms with E-state index in [2.05, 4.69) is 15.3 Å². The van der Waals surface area contributed by atoms with Gasteiger partial charge in [0, 0.05) is 11.8 Å². The number of anilines is 2. The summed E-state index contributed by atoms with van der Waals surface area (Å²) >= 11 is 6.73. The number of aromatic nitrogens is 2. The van der Waals surface area contributed by atoms with Gasteiger partial charge in [-0.1, -0.05) is 22.9 Å². The minimum atomic E-state index is -3.59. The first kappa shape index (κ1) is 15.6. The van der Waals surface area contributed by atoms with Crippen molar-refractivity contribution in [3.8, 4) is 0 Å². The first-order valence-electron chi connectivity index (χ1n) is 5.43. The second kappa shape index (κ2) is 5.54. The number of hydrogen-bond donors (Lipinski definition) is 1. The number of pyridine rings is 1. The molecule has 0 fully saturated rings. The SMILES string of the molecule is Cc1cc(S(C)(=O)=O)nc(Nc2cnc(Cl)s2)c1[N+](=O)[O-]. The Morgan fingerprint density at radius 3 is 2.62 bits per heavy atom. The number of nitrogens with one attached hydrogen (secondary N) is 1. The molecule has 0 atom stereocenters. The van der Waals surface area contributed by atoms with E-state index < -0.39 is 14.8 Å². The van der Waals surface area contributed by atoms with Crippen molar-refractivity contribution >= 4 is 49.3 Å². The lowest BCUT2D eigenvalue weighted by molar-refractivity contribution is -0.384. The van der Waals surface area contributed by atoms with Crippen LogP contribution >= 0.6 is 22.9 Å². The molecule has 1 N–H and O–H groups in total. The van der Waals surface area contributed by atoms with Gasteiger partial charge in [0.25, 0.3) is 0 Å². The molecule has 2 heterocycles. The summed E-state index contributed by atoms with van der Waals surface area (Å²) in [5, 5.41) is 14.0. The highest BCUT2D eigenvalue weighted by atomic mass is 35.5. The Morgan fingerprint density at radius 1 is 1.48 bits per heavy atom. The Bertz CT molecular complexity index is 818. The summed E-state index contributed by atoms with van der Waals surface area (Å²) in [5.74, 6) is -0.166. The third kappa shape index (κ3) is 3.46. The second-order valence-corrected chi connectivity index (χ2v) is 7.68. The lowest BCUT2D eigenvalue weighted by atomic mass is 10.2. The highest BCUT2D eigenvalue weighted by molar-refractivity contribution is 7.90. The van der Waals surface area contributed by atoms with Gasteiger partial charge in [0.2, 0.25) is 5.82 Å². The Balaban J connectivity index is 2.60. The molecule has 0 aliphatic rings. The smallest absolute Gasteiger partial charge is 0.314 e. The molecule has 0 bridgehead atoms. The van der Waals surface area contributed by atoms with Crippen LogP contribution in [0.1, 0.15) is 5.56 Å². The molecule has 2 rings (SSSR count). The van der Waals surface area contributed by atoms with Crippen molar-refractivity contribution in [1.82, 2.24) is 9.97 Å². The first-order chi connectivity index (χ1) is 9.68. The van der Waals surface area contributed by atoms with Crippen molar-refractivity contribution in [1.29, 1.82) is 0 Å². The molecular weight excluding hydrogens is 340 g/mol. The number of nitrogens with zero attached hydrogens (tertiary/aromatic N) is 3. The zero-order valence-electron chi connectivity index (χ0n) is 10.8. The Kier molecular flexibility index (Phi) is 4.12. The fourth-order valence-electron chi connectivity index (χ4n) is 1.57. The molecule has 0 unspecified atom stereocenters.